The van der Waals surface area contributed by atoms with Gasteiger partial charge in [0.25, 0.3) is 0 Å². The number of benzene rings is 2. The van der Waals surface area contributed by atoms with E-state index >= 15 is 0 Å². The molecule has 1 unspecified atom stereocenters. The van der Waals surface area contributed by atoms with Gasteiger partial charge in [-0.05, 0) is 24.5 Å². The number of methoxy groups -OCH3 is 1. The van der Waals surface area contributed by atoms with Crippen LogP contribution in [0.15, 0.2) is 67.0 Å². The fourth-order valence-electron chi connectivity index (χ4n) is 3.78. The third-order valence-electron chi connectivity index (χ3n) is 5.67. The molecule has 6 heteroatoms. The molecule has 2 N–H and O–H groups in total. The Bertz CT molecular complexity index is 979. The molecule has 4 rings (SSSR count). The van der Waals surface area contributed by atoms with E-state index in [9.17, 15) is 4.79 Å². The minimum absolute atomic E-state index is 0.0573. The summed E-state index contributed by atoms with van der Waals surface area (Å²) in [6.07, 6.45) is 5.77. The van der Waals surface area contributed by atoms with E-state index in [4.69, 9.17) is 4.74 Å². The first-order chi connectivity index (χ1) is 14.1. The largest absolute Gasteiger partial charge is 0.496 e. The molecule has 1 atom stereocenters. The number of carbonyl (C=O) groups excluding carboxylic acids is 1. The standard InChI is InChI=1S/C23H26N4O2/c1-27-15-14-24-21(27)20(18-10-6-7-11-19(18)29-2)26-22(28)25-16-23(12-13-23)17-8-4-3-5-9-17/h3-11,14-15,20H,12-13,16H2,1-2H3,(H2,25,26,28). The van der Waals surface area contributed by atoms with E-state index in [1.165, 1.54) is 5.56 Å². The van der Waals surface area contributed by atoms with Crippen molar-refractivity contribution in [3.63, 3.8) is 0 Å². The first kappa shape index (κ1) is 19.1. The Morgan fingerprint density at radius 1 is 1.17 bits per heavy atom. The van der Waals surface area contributed by atoms with Crippen molar-refractivity contribution in [3.05, 3.63) is 83.9 Å². The van der Waals surface area contributed by atoms with Crippen LogP contribution in [0.3, 0.4) is 0 Å². The summed E-state index contributed by atoms with van der Waals surface area (Å²) in [6.45, 7) is 0.613. The van der Waals surface area contributed by atoms with Crippen LogP contribution in [0, 0.1) is 0 Å². The van der Waals surface area contributed by atoms with E-state index in [1.807, 2.05) is 60.3 Å². The molecular weight excluding hydrogens is 364 g/mol. The molecule has 150 valence electrons. The fraction of sp³-hybridized carbons (Fsp3) is 0.304. The number of aryl methyl sites for hydroxylation is 1. The highest BCUT2D eigenvalue weighted by Gasteiger charge is 2.44. The number of imidazole rings is 1. The summed E-state index contributed by atoms with van der Waals surface area (Å²) in [6, 6.07) is 17.4. The SMILES string of the molecule is COc1ccccc1C(NC(=O)NCC1(c2ccccc2)CC1)c1nccn1C. The minimum Gasteiger partial charge on any atom is -0.496 e. The molecule has 1 aliphatic rings. The van der Waals surface area contributed by atoms with Crippen LogP contribution in [-0.2, 0) is 12.5 Å². The van der Waals surface area contributed by atoms with E-state index in [0.29, 0.717) is 12.3 Å². The normalized spacial score (nSPS) is 15.4. The average Bonchev–Trinajstić information content (AvgIpc) is 3.45. The van der Waals surface area contributed by atoms with Gasteiger partial charge in [-0.3, -0.25) is 0 Å². The lowest BCUT2D eigenvalue weighted by Gasteiger charge is -2.23. The summed E-state index contributed by atoms with van der Waals surface area (Å²) in [4.78, 5) is 17.3. The Kier molecular flexibility index (Phi) is 5.25. The molecule has 6 nitrogen and oxygen atoms in total. The summed E-state index contributed by atoms with van der Waals surface area (Å²) in [5.74, 6) is 1.46. The van der Waals surface area contributed by atoms with E-state index in [1.54, 1.807) is 13.3 Å². The predicted octanol–water partition coefficient (Wildman–Crippen LogP) is 3.55. The summed E-state index contributed by atoms with van der Waals surface area (Å²) in [5.41, 5.74) is 2.20. The number of rotatable bonds is 7. The number of amides is 2. The van der Waals surface area contributed by atoms with Crippen molar-refractivity contribution in [3.8, 4) is 5.75 Å². The van der Waals surface area contributed by atoms with Gasteiger partial charge in [-0.25, -0.2) is 9.78 Å². The molecule has 1 heterocycles. The number of ether oxygens (including phenoxy) is 1. The number of aromatic nitrogens is 2. The zero-order valence-electron chi connectivity index (χ0n) is 16.8. The van der Waals surface area contributed by atoms with Crippen molar-refractivity contribution in [2.24, 2.45) is 7.05 Å². The molecule has 0 bridgehead atoms. The second kappa shape index (κ2) is 7.99. The quantitative estimate of drug-likeness (QED) is 0.648. The van der Waals surface area contributed by atoms with Gasteiger partial charge < -0.3 is 19.9 Å². The number of hydrogen-bond donors (Lipinski definition) is 2. The smallest absolute Gasteiger partial charge is 0.315 e. The lowest BCUT2D eigenvalue weighted by Crippen LogP contribution is -2.42. The molecular formula is C23H26N4O2. The van der Waals surface area contributed by atoms with Crippen LogP contribution in [0.5, 0.6) is 5.75 Å². The molecule has 1 aliphatic carbocycles. The van der Waals surface area contributed by atoms with E-state index in [-0.39, 0.29) is 11.4 Å². The molecule has 1 fully saturated rings. The number of nitrogens with zero attached hydrogens (tertiary/aromatic N) is 2. The highest BCUT2D eigenvalue weighted by Crippen LogP contribution is 2.47. The highest BCUT2D eigenvalue weighted by molar-refractivity contribution is 5.75. The van der Waals surface area contributed by atoms with Gasteiger partial charge in [-0.2, -0.15) is 0 Å². The van der Waals surface area contributed by atoms with Crippen LogP contribution in [0.2, 0.25) is 0 Å². The van der Waals surface area contributed by atoms with Gasteiger partial charge in [0.2, 0.25) is 0 Å². The summed E-state index contributed by atoms with van der Waals surface area (Å²) >= 11 is 0. The topological polar surface area (TPSA) is 68.2 Å². The first-order valence-electron chi connectivity index (χ1n) is 9.83. The fourth-order valence-corrected chi connectivity index (χ4v) is 3.78. The number of para-hydroxylation sites is 1. The first-order valence-corrected chi connectivity index (χ1v) is 9.83. The Morgan fingerprint density at radius 2 is 1.90 bits per heavy atom. The van der Waals surface area contributed by atoms with Crippen molar-refractivity contribution < 1.29 is 9.53 Å². The maximum atomic E-state index is 12.8. The van der Waals surface area contributed by atoms with Crippen LogP contribution in [0.1, 0.15) is 35.8 Å². The van der Waals surface area contributed by atoms with E-state index < -0.39 is 6.04 Å². The zero-order chi connectivity index (χ0) is 20.3. The van der Waals surface area contributed by atoms with E-state index in [0.717, 1.165) is 24.2 Å². The van der Waals surface area contributed by atoms with Crippen molar-refractivity contribution in [2.45, 2.75) is 24.3 Å². The van der Waals surface area contributed by atoms with Gasteiger partial charge in [-0.1, -0.05) is 48.5 Å². The van der Waals surface area contributed by atoms with Gasteiger partial charge in [0.15, 0.2) is 0 Å². The number of urea groups is 1. The maximum absolute atomic E-state index is 12.8. The minimum atomic E-state index is -0.418. The molecule has 1 aromatic heterocycles. The summed E-state index contributed by atoms with van der Waals surface area (Å²) in [5, 5.41) is 6.16. The van der Waals surface area contributed by atoms with Crippen molar-refractivity contribution in [2.75, 3.05) is 13.7 Å². The zero-order valence-corrected chi connectivity index (χ0v) is 16.8. The second-order valence-electron chi connectivity index (χ2n) is 7.54. The van der Waals surface area contributed by atoms with Gasteiger partial charge in [0.1, 0.15) is 17.6 Å². The van der Waals surface area contributed by atoms with Gasteiger partial charge >= 0.3 is 6.03 Å². The van der Waals surface area contributed by atoms with Gasteiger partial charge in [0, 0.05) is 37.0 Å². The molecule has 0 radical (unpaired) electrons. The lowest BCUT2D eigenvalue weighted by atomic mass is 9.96. The van der Waals surface area contributed by atoms with Crippen LogP contribution in [-0.4, -0.2) is 29.2 Å². The van der Waals surface area contributed by atoms with Crippen LogP contribution < -0.4 is 15.4 Å². The molecule has 2 aromatic carbocycles. The molecule has 1 saturated carbocycles. The lowest BCUT2D eigenvalue weighted by molar-refractivity contribution is 0.237. The van der Waals surface area contributed by atoms with Crippen molar-refractivity contribution in [1.29, 1.82) is 0 Å². The van der Waals surface area contributed by atoms with Gasteiger partial charge in [0.05, 0.1) is 7.11 Å². The second-order valence-corrected chi connectivity index (χ2v) is 7.54. The third-order valence-corrected chi connectivity index (χ3v) is 5.67. The summed E-state index contributed by atoms with van der Waals surface area (Å²) < 4.78 is 7.43. The van der Waals surface area contributed by atoms with Crippen LogP contribution in [0.4, 0.5) is 4.79 Å². The Balaban J connectivity index is 1.51. The number of hydrogen-bond acceptors (Lipinski definition) is 3. The maximum Gasteiger partial charge on any atom is 0.315 e. The monoisotopic (exact) mass is 390 g/mol. The van der Waals surface area contributed by atoms with Crippen LogP contribution >= 0.6 is 0 Å². The average molecular weight is 390 g/mol. The Morgan fingerprint density at radius 3 is 2.55 bits per heavy atom. The molecule has 2 amide bonds. The number of nitrogens with one attached hydrogen (secondary N) is 2. The highest BCUT2D eigenvalue weighted by atomic mass is 16.5. The molecule has 0 spiro atoms. The molecule has 0 saturated heterocycles. The van der Waals surface area contributed by atoms with E-state index in [2.05, 4.69) is 27.8 Å². The molecule has 0 aliphatic heterocycles. The summed E-state index contributed by atoms with van der Waals surface area (Å²) in [7, 11) is 3.55. The Labute approximate surface area is 170 Å². The van der Waals surface area contributed by atoms with Crippen molar-refractivity contribution >= 4 is 6.03 Å². The Hall–Kier alpha value is -3.28. The molecule has 3 aromatic rings. The van der Waals surface area contributed by atoms with Gasteiger partial charge in [-0.15, -0.1) is 0 Å². The number of carbonyl (C=O) groups is 1. The molecule has 29 heavy (non-hydrogen) atoms. The van der Waals surface area contributed by atoms with Crippen LogP contribution in [0.25, 0.3) is 0 Å². The third kappa shape index (κ3) is 3.97. The van der Waals surface area contributed by atoms with Crippen molar-refractivity contribution in [1.82, 2.24) is 20.2 Å². The predicted molar refractivity (Wildman–Crippen MR) is 112 cm³/mol.